The van der Waals surface area contributed by atoms with Gasteiger partial charge in [-0.25, -0.2) is 9.07 Å². The molecule has 132 valence electrons. The van der Waals surface area contributed by atoms with Crippen LogP contribution in [0.15, 0.2) is 70.6 Å². The van der Waals surface area contributed by atoms with Gasteiger partial charge in [-0.05, 0) is 37.1 Å². The molecule has 3 rings (SSSR count). The van der Waals surface area contributed by atoms with Crippen molar-refractivity contribution in [1.82, 2.24) is 4.68 Å². The molecule has 0 bridgehead atoms. The van der Waals surface area contributed by atoms with Gasteiger partial charge in [0.25, 0.3) is 0 Å². The van der Waals surface area contributed by atoms with E-state index in [1.54, 1.807) is 29.0 Å². The third kappa shape index (κ3) is 3.89. The van der Waals surface area contributed by atoms with E-state index in [1.165, 1.54) is 34.7 Å². The lowest BCUT2D eigenvalue weighted by Gasteiger charge is -2.06. The van der Waals surface area contributed by atoms with Crippen molar-refractivity contribution in [2.75, 3.05) is 6.54 Å². The van der Waals surface area contributed by atoms with E-state index in [9.17, 15) is 4.39 Å². The second-order valence-electron chi connectivity index (χ2n) is 5.91. The van der Waals surface area contributed by atoms with Gasteiger partial charge >= 0.3 is 0 Å². The molecule has 0 saturated carbocycles. The van der Waals surface area contributed by atoms with Crippen molar-refractivity contribution in [3.8, 4) is 11.3 Å². The van der Waals surface area contributed by atoms with E-state index in [0.717, 1.165) is 16.1 Å². The van der Waals surface area contributed by atoms with Crippen molar-refractivity contribution in [2.45, 2.75) is 13.8 Å². The molecule has 2 aromatic carbocycles. The van der Waals surface area contributed by atoms with Gasteiger partial charge in [0.15, 0.2) is 0 Å². The summed E-state index contributed by atoms with van der Waals surface area (Å²) in [6, 6.07) is 12.9. The van der Waals surface area contributed by atoms with Crippen LogP contribution in [-0.4, -0.2) is 17.4 Å². The first-order valence-electron chi connectivity index (χ1n) is 8.28. The van der Waals surface area contributed by atoms with E-state index in [-0.39, 0.29) is 5.82 Å². The minimum absolute atomic E-state index is 0.301. The number of aryl methyl sites for hydroxylation is 2. The van der Waals surface area contributed by atoms with Gasteiger partial charge in [-0.15, -0.1) is 17.9 Å². The zero-order valence-corrected chi connectivity index (χ0v) is 15.6. The Bertz CT molecular complexity index is 1030. The Morgan fingerprint density at radius 3 is 2.69 bits per heavy atom. The smallest absolute Gasteiger partial charge is 0.206 e. The van der Waals surface area contributed by atoms with E-state index in [2.05, 4.69) is 48.7 Å². The maximum Gasteiger partial charge on any atom is 0.206 e. The average molecular weight is 365 g/mol. The lowest BCUT2D eigenvalue weighted by molar-refractivity contribution is 0.625. The number of thiazole rings is 1. The number of halogens is 1. The Hall–Kier alpha value is -2.79. The molecule has 26 heavy (non-hydrogen) atoms. The zero-order chi connectivity index (χ0) is 18.5. The van der Waals surface area contributed by atoms with Gasteiger partial charge in [-0.3, -0.25) is 4.99 Å². The van der Waals surface area contributed by atoms with Crippen LogP contribution in [0.2, 0.25) is 0 Å². The predicted octanol–water partition coefficient (Wildman–Crippen LogP) is 4.94. The monoisotopic (exact) mass is 365 g/mol. The largest absolute Gasteiger partial charge is 0.253 e. The molecule has 0 unspecified atom stereocenters. The summed E-state index contributed by atoms with van der Waals surface area (Å²) in [7, 11) is 0. The van der Waals surface area contributed by atoms with Crippen LogP contribution in [0.3, 0.4) is 0 Å². The number of benzene rings is 2. The summed E-state index contributed by atoms with van der Waals surface area (Å²) in [6.45, 7) is 8.38. The Balaban J connectivity index is 2.11. The normalized spacial score (nSPS) is 12.0. The maximum absolute atomic E-state index is 13.9. The lowest BCUT2D eigenvalue weighted by atomic mass is 10.1. The van der Waals surface area contributed by atoms with Crippen LogP contribution in [0.25, 0.3) is 11.3 Å². The first kappa shape index (κ1) is 18.0. The predicted molar refractivity (Wildman–Crippen MR) is 107 cm³/mol. The average Bonchev–Trinajstić information content (AvgIpc) is 3.04. The summed E-state index contributed by atoms with van der Waals surface area (Å²) >= 11 is 1.50. The molecule has 0 atom stereocenters. The Morgan fingerprint density at radius 2 is 1.96 bits per heavy atom. The fraction of sp³-hybridized carbons (Fsp3) is 0.143. The fourth-order valence-corrected chi connectivity index (χ4v) is 3.31. The van der Waals surface area contributed by atoms with Gasteiger partial charge in [-0.2, -0.15) is 5.10 Å². The number of hydrogen-bond acceptors (Lipinski definition) is 3. The van der Waals surface area contributed by atoms with Crippen LogP contribution in [0.5, 0.6) is 0 Å². The molecule has 0 saturated heterocycles. The van der Waals surface area contributed by atoms with Crippen LogP contribution < -0.4 is 4.80 Å². The van der Waals surface area contributed by atoms with E-state index in [1.807, 2.05) is 5.38 Å². The number of aromatic nitrogens is 1. The van der Waals surface area contributed by atoms with Gasteiger partial charge in [-0.1, -0.05) is 36.4 Å². The Morgan fingerprint density at radius 1 is 1.15 bits per heavy atom. The third-order valence-electron chi connectivity index (χ3n) is 4.06. The summed E-state index contributed by atoms with van der Waals surface area (Å²) in [4.78, 5) is 5.24. The molecule has 1 aromatic heterocycles. The zero-order valence-electron chi connectivity index (χ0n) is 14.8. The highest BCUT2D eigenvalue weighted by Crippen LogP contribution is 2.23. The van der Waals surface area contributed by atoms with E-state index in [0.29, 0.717) is 12.1 Å². The van der Waals surface area contributed by atoms with Crippen molar-refractivity contribution >= 4 is 17.6 Å². The molecule has 3 aromatic rings. The summed E-state index contributed by atoms with van der Waals surface area (Å²) < 4.78 is 15.7. The van der Waals surface area contributed by atoms with Gasteiger partial charge in [0.1, 0.15) is 5.82 Å². The van der Waals surface area contributed by atoms with Gasteiger partial charge in [0.05, 0.1) is 18.5 Å². The number of nitrogens with zero attached hydrogens (tertiary/aromatic N) is 3. The highest BCUT2D eigenvalue weighted by molar-refractivity contribution is 7.07. The molecule has 0 amide bonds. The number of rotatable bonds is 5. The Kier molecular flexibility index (Phi) is 5.58. The van der Waals surface area contributed by atoms with Crippen LogP contribution >= 0.6 is 11.3 Å². The highest BCUT2D eigenvalue weighted by atomic mass is 32.1. The number of hydrogen-bond donors (Lipinski definition) is 0. The summed E-state index contributed by atoms with van der Waals surface area (Å²) in [6.07, 6.45) is 3.26. The molecule has 0 N–H and O–H groups in total. The topological polar surface area (TPSA) is 29.6 Å². The standard InChI is InChI=1S/C21H20FN3S/c1-4-11-23-21-25(24-13-18-7-5-6-8-19(18)22)20(14-26-21)17-10-9-15(2)16(3)12-17/h4-10,12-14H,1,11H2,2-3H3. The molecule has 1 heterocycles. The van der Waals surface area contributed by atoms with E-state index < -0.39 is 0 Å². The minimum atomic E-state index is -0.301. The first-order valence-corrected chi connectivity index (χ1v) is 9.16. The summed E-state index contributed by atoms with van der Waals surface area (Å²) in [5, 5.41) is 6.53. The lowest BCUT2D eigenvalue weighted by Crippen LogP contribution is -2.12. The molecule has 3 nitrogen and oxygen atoms in total. The van der Waals surface area contributed by atoms with Crippen LogP contribution in [0.4, 0.5) is 4.39 Å². The molecule has 0 aliphatic heterocycles. The molecule has 0 fully saturated rings. The van der Waals surface area contributed by atoms with Crippen molar-refractivity contribution in [3.63, 3.8) is 0 Å². The van der Waals surface area contributed by atoms with Crippen molar-refractivity contribution < 1.29 is 4.39 Å². The fourth-order valence-electron chi connectivity index (χ4n) is 2.46. The van der Waals surface area contributed by atoms with E-state index in [4.69, 9.17) is 0 Å². The second-order valence-corrected chi connectivity index (χ2v) is 6.75. The van der Waals surface area contributed by atoms with Crippen molar-refractivity contribution in [3.05, 3.63) is 87.8 Å². The molecule has 0 aliphatic rings. The first-order chi connectivity index (χ1) is 12.6. The second kappa shape index (κ2) is 8.06. The van der Waals surface area contributed by atoms with E-state index >= 15 is 0 Å². The maximum atomic E-state index is 13.9. The SMILES string of the molecule is C=CCN=c1scc(-c2ccc(C)c(C)c2)n1N=Cc1ccccc1F. The highest BCUT2D eigenvalue weighted by Gasteiger charge is 2.08. The third-order valence-corrected chi connectivity index (χ3v) is 4.92. The van der Waals surface area contributed by atoms with Gasteiger partial charge < -0.3 is 0 Å². The van der Waals surface area contributed by atoms with Crippen molar-refractivity contribution in [2.24, 2.45) is 10.1 Å². The molecular weight excluding hydrogens is 345 g/mol. The van der Waals surface area contributed by atoms with Crippen molar-refractivity contribution in [1.29, 1.82) is 0 Å². The van der Waals surface area contributed by atoms with Gasteiger partial charge in [0.2, 0.25) is 4.80 Å². The quantitative estimate of drug-likeness (QED) is 0.453. The van der Waals surface area contributed by atoms with Crippen LogP contribution in [0.1, 0.15) is 16.7 Å². The molecule has 0 spiro atoms. The molecule has 0 aliphatic carbocycles. The molecule has 0 radical (unpaired) electrons. The van der Waals surface area contributed by atoms with Crippen LogP contribution in [-0.2, 0) is 0 Å². The summed E-state index contributed by atoms with van der Waals surface area (Å²) in [5.74, 6) is -0.301. The summed E-state index contributed by atoms with van der Waals surface area (Å²) in [5.41, 5.74) is 4.86. The Labute approximate surface area is 156 Å². The van der Waals surface area contributed by atoms with Crippen LogP contribution in [0, 0.1) is 19.7 Å². The minimum Gasteiger partial charge on any atom is -0.253 e. The van der Waals surface area contributed by atoms with Gasteiger partial charge in [0, 0.05) is 16.5 Å². The molecular formula is C21H20FN3S. The molecule has 5 heteroatoms.